The Hall–Kier alpha value is -7.60. The molecule has 5 heteroatoms. The molecule has 0 amide bonds. The van der Waals surface area contributed by atoms with Crippen LogP contribution in [0.4, 0.5) is 34.1 Å². The Morgan fingerprint density at radius 3 is 1.78 bits per heavy atom. The Morgan fingerprint density at radius 1 is 0.390 bits per heavy atom. The summed E-state index contributed by atoms with van der Waals surface area (Å²) < 4.78 is 12.1. The lowest BCUT2D eigenvalue weighted by molar-refractivity contribution is 0.669. The van der Waals surface area contributed by atoms with Crippen molar-refractivity contribution in [3.63, 3.8) is 0 Å². The van der Waals surface area contributed by atoms with Gasteiger partial charge in [0.05, 0.1) is 38.0 Å². The maximum atomic E-state index is 7.13. The van der Waals surface area contributed by atoms with Gasteiger partial charge in [-0.15, -0.1) is 11.3 Å². The van der Waals surface area contributed by atoms with Crippen molar-refractivity contribution in [1.82, 2.24) is 4.40 Å². The predicted octanol–water partition coefficient (Wildman–Crippen LogP) is 16.0. The number of aromatic nitrogens is 1. The van der Waals surface area contributed by atoms with E-state index in [1.165, 1.54) is 47.2 Å². The van der Waals surface area contributed by atoms with Crippen molar-refractivity contribution in [2.45, 2.75) is 0 Å². The average molecular weight is 772 g/mol. The second-order valence-electron chi connectivity index (χ2n) is 15.3. The topological polar surface area (TPSA) is 24.0 Å². The molecule has 9 aromatic carbocycles. The zero-order valence-electron chi connectivity index (χ0n) is 31.7. The summed E-state index contributed by atoms with van der Waals surface area (Å²) in [5, 5.41) is 9.60. The second kappa shape index (κ2) is 12.4. The molecule has 0 aliphatic rings. The highest BCUT2D eigenvalue weighted by atomic mass is 32.1. The van der Waals surface area contributed by atoms with Crippen molar-refractivity contribution in [2.24, 2.45) is 0 Å². The molecule has 0 radical (unpaired) electrons. The largest absolute Gasteiger partial charge is 0.454 e. The van der Waals surface area contributed by atoms with E-state index in [4.69, 9.17) is 4.42 Å². The van der Waals surface area contributed by atoms with Gasteiger partial charge >= 0.3 is 0 Å². The van der Waals surface area contributed by atoms with Gasteiger partial charge in [-0.05, 0) is 90.3 Å². The summed E-state index contributed by atoms with van der Waals surface area (Å²) in [6, 6.07) is 72.2. The first-order valence-electron chi connectivity index (χ1n) is 20.0. The molecule has 13 aromatic rings. The van der Waals surface area contributed by atoms with Crippen LogP contribution in [0.5, 0.6) is 0 Å². The number of furan rings is 1. The summed E-state index contributed by atoms with van der Waals surface area (Å²) >= 11 is 1.85. The predicted molar refractivity (Wildman–Crippen MR) is 251 cm³/mol. The first kappa shape index (κ1) is 32.5. The molecule has 4 aromatic heterocycles. The molecule has 276 valence electrons. The molecule has 0 aliphatic heterocycles. The molecule has 0 bridgehead atoms. The summed E-state index contributed by atoms with van der Waals surface area (Å²) in [7, 11) is 0. The minimum absolute atomic E-state index is 0.873. The van der Waals surface area contributed by atoms with Gasteiger partial charge in [0.15, 0.2) is 5.58 Å². The smallest absolute Gasteiger partial charge is 0.160 e. The Morgan fingerprint density at radius 2 is 1.02 bits per heavy atom. The Labute approximate surface area is 342 Å². The molecule has 0 saturated heterocycles. The first-order valence-corrected chi connectivity index (χ1v) is 20.8. The van der Waals surface area contributed by atoms with Gasteiger partial charge < -0.3 is 18.6 Å². The number of anilines is 6. The van der Waals surface area contributed by atoms with Gasteiger partial charge in [0.2, 0.25) is 0 Å². The number of rotatable bonds is 6. The van der Waals surface area contributed by atoms with Crippen LogP contribution in [0, 0.1) is 0 Å². The number of nitrogens with zero attached hydrogens (tertiary/aromatic N) is 3. The molecule has 13 rings (SSSR count). The summed E-state index contributed by atoms with van der Waals surface area (Å²) in [6.45, 7) is 0. The first-order chi connectivity index (χ1) is 29.3. The lowest BCUT2D eigenvalue weighted by atomic mass is 10.0. The van der Waals surface area contributed by atoms with Gasteiger partial charge in [-0.3, -0.25) is 0 Å². The van der Waals surface area contributed by atoms with Gasteiger partial charge in [-0.1, -0.05) is 115 Å². The normalized spacial score (nSPS) is 12.1. The Balaban J connectivity index is 1.11. The van der Waals surface area contributed by atoms with Crippen molar-refractivity contribution < 1.29 is 4.42 Å². The van der Waals surface area contributed by atoms with E-state index in [2.05, 4.69) is 214 Å². The highest BCUT2D eigenvalue weighted by Gasteiger charge is 2.26. The zero-order valence-corrected chi connectivity index (χ0v) is 32.5. The number of hydrogen-bond donors (Lipinski definition) is 0. The van der Waals surface area contributed by atoms with E-state index < -0.39 is 0 Å². The molecule has 0 spiro atoms. The fraction of sp³-hybridized carbons (Fsp3) is 0. The highest BCUT2D eigenvalue weighted by molar-refractivity contribution is 7.26. The van der Waals surface area contributed by atoms with Gasteiger partial charge in [0, 0.05) is 59.8 Å². The fourth-order valence-corrected chi connectivity index (χ4v) is 10.8. The van der Waals surface area contributed by atoms with E-state index in [1.807, 2.05) is 11.3 Å². The summed E-state index contributed by atoms with van der Waals surface area (Å²) in [6.07, 6.45) is 0. The van der Waals surface area contributed by atoms with Crippen molar-refractivity contribution in [3.05, 3.63) is 200 Å². The Kier molecular flexibility index (Phi) is 6.85. The van der Waals surface area contributed by atoms with Crippen LogP contribution in [0.1, 0.15) is 0 Å². The van der Waals surface area contributed by atoms with Gasteiger partial charge in [-0.2, -0.15) is 0 Å². The number of hydrogen-bond acceptors (Lipinski definition) is 4. The number of fused-ring (bicyclic) bond motifs is 8. The number of thiophene rings is 1. The standard InChI is InChI=1S/C54H33N3OS/c1-4-15-34(16-5-1)55(35-17-6-2-7-18-35)37-29-31-44-43(33-37)41-23-12-22-40-39-30-32-46(53-50(39)51-45(57(44)52(40)41)25-14-27-48(51)58-53)56(36-19-8-3-9-20-36)47-26-13-24-42-38-21-10-11-28-49(38)59-54(42)47/h1-33H. The maximum Gasteiger partial charge on any atom is 0.160 e. The van der Waals surface area contributed by atoms with Crippen LogP contribution < -0.4 is 9.80 Å². The van der Waals surface area contributed by atoms with E-state index in [9.17, 15) is 0 Å². The third-order valence-corrected chi connectivity index (χ3v) is 13.3. The van der Waals surface area contributed by atoms with Crippen LogP contribution in [0.2, 0.25) is 0 Å². The summed E-state index contributed by atoms with van der Waals surface area (Å²) in [4.78, 5) is 4.74. The molecule has 4 heterocycles. The number of benzene rings is 9. The molecule has 0 aliphatic carbocycles. The van der Waals surface area contributed by atoms with E-state index in [1.54, 1.807) is 0 Å². The van der Waals surface area contributed by atoms with Crippen molar-refractivity contribution in [1.29, 1.82) is 0 Å². The quantitative estimate of drug-likeness (QED) is 0.168. The van der Waals surface area contributed by atoms with E-state index in [0.717, 1.165) is 67.1 Å². The minimum atomic E-state index is 0.873. The number of para-hydroxylation sites is 4. The van der Waals surface area contributed by atoms with Crippen LogP contribution in [-0.4, -0.2) is 4.40 Å². The van der Waals surface area contributed by atoms with E-state index in [0.29, 0.717) is 0 Å². The molecule has 59 heavy (non-hydrogen) atoms. The molecular formula is C54H33N3OS. The molecule has 0 atom stereocenters. The van der Waals surface area contributed by atoms with Crippen LogP contribution in [0.15, 0.2) is 205 Å². The third-order valence-electron chi connectivity index (χ3n) is 12.1. The lowest BCUT2D eigenvalue weighted by Gasteiger charge is -2.26. The Bertz CT molecular complexity index is 3700. The molecule has 4 nitrogen and oxygen atoms in total. The van der Waals surface area contributed by atoms with Gasteiger partial charge in [0.1, 0.15) is 5.58 Å². The van der Waals surface area contributed by atoms with Crippen molar-refractivity contribution in [2.75, 3.05) is 9.80 Å². The molecule has 0 fully saturated rings. The lowest BCUT2D eigenvalue weighted by Crippen LogP contribution is -2.10. The van der Waals surface area contributed by atoms with Gasteiger partial charge in [-0.25, -0.2) is 0 Å². The molecule has 0 unspecified atom stereocenters. The fourth-order valence-electron chi connectivity index (χ4n) is 9.63. The molecular weight excluding hydrogens is 739 g/mol. The second-order valence-corrected chi connectivity index (χ2v) is 16.3. The minimum Gasteiger partial charge on any atom is -0.454 e. The SMILES string of the molecule is c1ccc(N(c2ccccc2)c2ccc3c(c2)c2cccc4c5ccc(N(c6ccccc6)c6cccc7c6sc6ccccc67)c6oc7cccc(c7c65)n3c42)cc1. The maximum absolute atomic E-state index is 7.13. The van der Waals surface area contributed by atoms with Crippen LogP contribution in [0.25, 0.3) is 80.2 Å². The average Bonchev–Trinajstić information content (AvgIpc) is 3.96. The van der Waals surface area contributed by atoms with Gasteiger partial charge in [0.25, 0.3) is 0 Å². The summed E-state index contributed by atoms with van der Waals surface area (Å²) in [5.74, 6) is 0. The van der Waals surface area contributed by atoms with E-state index in [-0.39, 0.29) is 0 Å². The van der Waals surface area contributed by atoms with Crippen molar-refractivity contribution in [3.8, 4) is 0 Å². The third kappa shape index (κ3) is 4.65. The molecule has 0 N–H and O–H groups in total. The highest BCUT2D eigenvalue weighted by Crippen LogP contribution is 2.51. The monoisotopic (exact) mass is 771 g/mol. The summed E-state index contributed by atoms with van der Waals surface area (Å²) in [5.41, 5.74) is 11.8. The van der Waals surface area contributed by atoms with Crippen molar-refractivity contribution >= 4 is 126 Å². The van der Waals surface area contributed by atoms with E-state index >= 15 is 0 Å². The molecule has 0 saturated carbocycles. The van der Waals surface area contributed by atoms with Crippen LogP contribution in [0.3, 0.4) is 0 Å². The van der Waals surface area contributed by atoms with Crippen LogP contribution in [-0.2, 0) is 0 Å². The zero-order chi connectivity index (χ0) is 38.6. The van der Waals surface area contributed by atoms with Crippen LogP contribution >= 0.6 is 11.3 Å².